The molecule has 0 saturated heterocycles. The van der Waals surface area contributed by atoms with Crippen LogP contribution in [0, 0.1) is 0 Å². The van der Waals surface area contributed by atoms with E-state index >= 15 is 0 Å². The molecule has 7 aromatic carbocycles. The number of nitrogens with zero attached hydrogens (tertiary/aromatic N) is 10. The Morgan fingerprint density at radius 2 is 0.605 bits per heavy atom. The fourth-order valence-corrected chi connectivity index (χ4v) is 12.8. The van der Waals surface area contributed by atoms with Gasteiger partial charge in [0.2, 0.25) is 0 Å². The monoisotopic (exact) mass is 1630 g/mol. The highest BCUT2D eigenvalue weighted by molar-refractivity contribution is 5.92. The van der Waals surface area contributed by atoms with Crippen molar-refractivity contribution in [3.63, 3.8) is 0 Å². The smallest absolute Gasteiger partial charge is 0.0346 e. The van der Waals surface area contributed by atoms with E-state index in [0.717, 1.165) is 54.7 Å². The molecule has 0 atom stereocenters. The van der Waals surface area contributed by atoms with Gasteiger partial charge in [-0.1, -0.05) is 303 Å². The van der Waals surface area contributed by atoms with E-state index < -0.39 is 0 Å². The summed E-state index contributed by atoms with van der Waals surface area (Å²) in [6, 6.07) is 108. The summed E-state index contributed by atoms with van der Waals surface area (Å²) in [6.45, 7) is 12.5. The average Bonchev–Trinajstić information content (AvgIpc) is 0.850. The summed E-state index contributed by atoms with van der Waals surface area (Å²) in [4.78, 5) is 40.1. The predicted molar refractivity (Wildman–Crippen MR) is 523 cm³/mol. The third-order valence-electron chi connectivity index (χ3n) is 19.6. The second kappa shape index (κ2) is 62.0. The molecule has 0 fully saturated rings. The molecular formula is C114H120N10. The minimum absolute atomic E-state index is 0.757. The molecule has 0 spiro atoms. The van der Waals surface area contributed by atoms with Gasteiger partial charge in [-0.15, -0.1) is 0 Å². The fourth-order valence-electron chi connectivity index (χ4n) is 12.8. The van der Waals surface area contributed by atoms with Gasteiger partial charge >= 0.3 is 0 Å². The Bertz CT molecular complexity index is 5060. The van der Waals surface area contributed by atoms with E-state index in [1.165, 1.54) is 147 Å². The molecule has 0 saturated carbocycles. The molecule has 124 heavy (non-hydrogen) atoms. The van der Waals surface area contributed by atoms with Crippen molar-refractivity contribution in [2.45, 2.75) is 130 Å². The van der Waals surface area contributed by atoms with E-state index in [0.29, 0.717) is 0 Å². The third-order valence-corrected chi connectivity index (χ3v) is 19.6. The Kier molecular flexibility index (Phi) is 47.6. The van der Waals surface area contributed by atoms with Gasteiger partial charge in [0.05, 0.1) is 0 Å². The fraction of sp³-hybridized carbons (Fsp3) is 0.175. The van der Waals surface area contributed by atoms with Crippen LogP contribution in [0.3, 0.4) is 0 Å². The normalized spacial score (nSPS) is 10.0. The van der Waals surface area contributed by atoms with Crippen molar-refractivity contribution in [1.82, 2.24) is 49.8 Å². The predicted octanol–water partition coefficient (Wildman–Crippen LogP) is 28.8. The van der Waals surface area contributed by atoms with E-state index in [2.05, 4.69) is 290 Å². The first-order chi connectivity index (χ1) is 61.4. The molecule has 0 bridgehead atoms. The SMILES string of the molecule is C(=C\c1cccc2ccccc12)/c1ccncc1.C=Cc1ccncc1.CCCCC(CCCC)c1ccncc1.CCCCc1cccnc1.CCc1cccnc1.c1ccc(-c2cccnc2)cc1.c1ccc(-c2ccncc2)cc1.c1ccc(CCCc2ccncc2)cc1.c1ccc(Cc2cccnc2)cc1.c1ccc(Cc2ccncc2)cc1. The van der Waals surface area contributed by atoms with Gasteiger partial charge in [0, 0.05) is 124 Å². The molecule has 626 valence electrons. The molecule has 10 aromatic heterocycles. The van der Waals surface area contributed by atoms with Crippen LogP contribution in [-0.2, 0) is 38.5 Å². The maximum atomic E-state index is 4.09. The standard InChI is InChI=1S/C17H13N.C14H15N.C14H23N.2C12H11N.2C11H9N.C9H13N.C7H7N.C7H9N/c1-2-7-17-15(4-1)5-3-6-16(17)9-8-14-10-12-18-13-11-14;1-2-5-13(6-3-1)7-4-8-14-9-11-15-12-10-14;1-3-5-7-13(8-6-4-2)14-9-11-15-12-10-14;1-2-5-11(6-3-1)9-12-7-4-8-13-10-12;1-2-4-11(5-3-1)10-12-6-8-13-9-7-12;1-2-5-10(6-3-1)11-7-4-8-12-9-11;1-2-4-10(5-3-1)11-6-8-12-9-7-11;1-2-3-5-9-6-4-7-10-8-9;1-2-7-3-5-8-6-4-7;1-2-7-4-3-5-8-6-7/h1-13H;1-3,5-6,9-12H,4,7-8H2;9-13H,3-8H2,1-2H3;1-8,10H,9H2;1-9H,10H2;2*1-9H;4,6-8H,2-3,5H2,1H3;2-6H,1H2;3-6H,2H2,1H3/b9-8+;;;;;;;;;. The first kappa shape index (κ1) is 95.3. The number of hydrogen-bond acceptors (Lipinski definition) is 10. The van der Waals surface area contributed by atoms with E-state index in [9.17, 15) is 0 Å². The van der Waals surface area contributed by atoms with E-state index in [4.69, 9.17) is 0 Å². The van der Waals surface area contributed by atoms with Gasteiger partial charge in [0.15, 0.2) is 0 Å². The summed E-state index contributed by atoms with van der Waals surface area (Å²) in [6.07, 6.45) is 61.0. The molecule has 0 unspecified atom stereocenters. The molecule has 17 aromatic rings. The lowest BCUT2D eigenvalue weighted by atomic mass is 9.90. The molecule has 17 rings (SSSR count). The molecule has 10 heterocycles. The molecule has 0 amide bonds. The maximum Gasteiger partial charge on any atom is 0.0346 e. The maximum absolute atomic E-state index is 4.09. The first-order valence-electron chi connectivity index (χ1n) is 43.3. The highest BCUT2D eigenvalue weighted by Gasteiger charge is 2.10. The minimum Gasteiger partial charge on any atom is -0.265 e. The van der Waals surface area contributed by atoms with Gasteiger partial charge in [0.1, 0.15) is 0 Å². The zero-order chi connectivity index (χ0) is 86.7. The molecule has 10 heteroatoms. The van der Waals surface area contributed by atoms with E-state index in [1.54, 1.807) is 37.1 Å². The van der Waals surface area contributed by atoms with Crippen molar-refractivity contribution in [2.75, 3.05) is 0 Å². The van der Waals surface area contributed by atoms with Gasteiger partial charge < -0.3 is 0 Å². The lowest BCUT2D eigenvalue weighted by molar-refractivity contribution is 0.524. The lowest BCUT2D eigenvalue weighted by Gasteiger charge is -2.16. The number of fused-ring (bicyclic) bond motifs is 1. The van der Waals surface area contributed by atoms with Crippen LogP contribution in [-0.4, -0.2) is 49.8 Å². The van der Waals surface area contributed by atoms with Crippen molar-refractivity contribution >= 4 is 29.0 Å². The van der Waals surface area contributed by atoms with Crippen molar-refractivity contribution in [3.8, 4) is 22.3 Å². The largest absolute Gasteiger partial charge is 0.265 e. The van der Waals surface area contributed by atoms with Crippen LogP contribution >= 0.6 is 0 Å². The summed E-state index contributed by atoms with van der Waals surface area (Å²) in [5.74, 6) is 0.757. The summed E-state index contributed by atoms with van der Waals surface area (Å²) < 4.78 is 0. The highest BCUT2D eigenvalue weighted by Crippen LogP contribution is 2.28. The van der Waals surface area contributed by atoms with Crippen LogP contribution in [0.15, 0.2) is 446 Å². The van der Waals surface area contributed by atoms with Crippen LogP contribution in [0.4, 0.5) is 0 Å². The quantitative estimate of drug-likeness (QED) is 0.0577. The number of hydrogen-bond donors (Lipinski definition) is 0. The lowest BCUT2D eigenvalue weighted by Crippen LogP contribution is -1.99. The topological polar surface area (TPSA) is 129 Å². The van der Waals surface area contributed by atoms with Gasteiger partial charge in [-0.05, 0) is 267 Å². The Morgan fingerprint density at radius 3 is 1.06 bits per heavy atom. The third kappa shape index (κ3) is 40.7. The van der Waals surface area contributed by atoms with Gasteiger partial charge in [-0.2, -0.15) is 0 Å². The highest BCUT2D eigenvalue weighted by atomic mass is 14.6. The van der Waals surface area contributed by atoms with Crippen LogP contribution in [0.5, 0.6) is 0 Å². The number of benzene rings is 7. The molecule has 0 radical (unpaired) electrons. The molecule has 0 N–H and O–H groups in total. The van der Waals surface area contributed by atoms with Crippen LogP contribution in [0.25, 0.3) is 51.3 Å². The van der Waals surface area contributed by atoms with E-state index in [1.807, 2.05) is 214 Å². The molecule has 0 aliphatic rings. The summed E-state index contributed by atoms with van der Waals surface area (Å²) in [5.41, 5.74) is 20.5. The number of aromatic nitrogens is 10. The molecule has 0 aliphatic heterocycles. The van der Waals surface area contributed by atoms with Crippen molar-refractivity contribution < 1.29 is 0 Å². The molecule has 10 nitrogen and oxygen atoms in total. The summed E-state index contributed by atoms with van der Waals surface area (Å²) in [7, 11) is 0. The number of aryl methyl sites for hydroxylation is 4. The second-order valence-corrected chi connectivity index (χ2v) is 29.1. The zero-order valence-electron chi connectivity index (χ0n) is 72.7. The summed E-state index contributed by atoms with van der Waals surface area (Å²) in [5, 5.41) is 2.56. The molecular weight excluding hydrogens is 1510 g/mol. The Hall–Kier alpha value is -14.2. The summed E-state index contributed by atoms with van der Waals surface area (Å²) >= 11 is 0. The van der Waals surface area contributed by atoms with Crippen molar-refractivity contribution in [3.05, 3.63) is 513 Å². The van der Waals surface area contributed by atoms with Crippen molar-refractivity contribution in [2.24, 2.45) is 0 Å². The first-order valence-corrected chi connectivity index (χ1v) is 43.3. The second-order valence-electron chi connectivity index (χ2n) is 29.1. The van der Waals surface area contributed by atoms with Crippen LogP contribution in [0.1, 0.15) is 158 Å². The Labute approximate surface area is 739 Å². The Morgan fingerprint density at radius 1 is 0.250 bits per heavy atom. The van der Waals surface area contributed by atoms with Crippen molar-refractivity contribution in [1.29, 1.82) is 0 Å². The average molecular weight is 1630 g/mol. The van der Waals surface area contributed by atoms with Crippen LogP contribution in [0.2, 0.25) is 0 Å². The minimum atomic E-state index is 0.757. The van der Waals surface area contributed by atoms with Gasteiger partial charge in [0.25, 0.3) is 0 Å². The van der Waals surface area contributed by atoms with E-state index in [-0.39, 0.29) is 0 Å². The molecule has 0 aliphatic carbocycles. The zero-order valence-corrected chi connectivity index (χ0v) is 72.7. The van der Waals surface area contributed by atoms with Gasteiger partial charge in [-0.25, -0.2) is 0 Å². The number of rotatable bonds is 24. The number of pyridine rings is 10. The Balaban J connectivity index is 0.000000172. The van der Waals surface area contributed by atoms with Crippen LogP contribution < -0.4 is 0 Å². The number of unbranched alkanes of at least 4 members (excludes halogenated alkanes) is 3. The van der Waals surface area contributed by atoms with Gasteiger partial charge in [-0.3, -0.25) is 49.8 Å².